The van der Waals surface area contributed by atoms with Gasteiger partial charge < -0.3 is 15.0 Å². The molecule has 1 saturated heterocycles. The Morgan fingerprint density at radius 1 is 1.07 bits per heavy atom. The van der Waals surface area contributed by atoms with Crippen molar-refractivity contribution in [3.63, 3.8) is 0 Å². The van der Waals surface area contributed by atoms with Gasteiger partial charge in [-0.3, -0.25) is 9.59 Å². The SMILES string of the molecule is CCCc1ccc(OCC(=O)NC2CCN(C(=O)c3ccc(F)cc3)CC2)cc1. The quantitative estimate of drug-likeness (QED) is 0.776. The van der Waals surface area contributed by atoms with E-state index in [0.717, 1.165) is 12.8 Å². The Labute approximate surface area is 170 Å². The Bertz CT molecular complexity index is 813. The zero-order valence-corrected chi connectivity index (χ0v) is 16.7. The second-order valence-corrected chi connectivity index (χ2v) is 7.32. The molecule has 0 saturated carbocycles. The number of likely N-dealkylation sites (tertiary alicyclic amines) is 1. The minimum atomic E-state index is -0.359. The topological polar surface area (TPSA) is 58.6 Å². The Balaban J connectivity index is 1.40. The molecule has 0 aromatic heterocycles. The van der Waals surface area contributed by atoms with Crippen molar-refractivity contribution in [3.05, 3.63) is 65.5 Å². The number of rotatable bonds is 7. The molecule has 2 amide bonds. The van der Waals surface area contributed by atoms with Gasteiger partial charge in [0.1, 0.15) is 11.6 Å². The summed E-state index contributed by atoms with van der Waals surface area (Å²) in [6.45, 7) is 3.22. The normalized spacial score (nSPS) is 14.5. The average Bonchev–Trinajstić information content (AvgIpc) is 2.74. The summed E-state index contributed by atoms with van der Waals surface area (Å²) in [5.74, 6) is 0.0531. The van der Waals surface area contributed by atoms with Crippen LogP contribution in [0.5, 0.6) is 5.75 Å². The number of ether oxygens (including phenoxy) is 1. The van der Waals surface area contributed by atoms with Crippen LogP contribution in [0.3, 0.4) is 0 Å². The summed E-state index contributed by atoms with van der Waals surface area (Å²) in [6, 6.07) is 13.4. The third kappa shape index (κ3) is 6.04. The second kappa shape index (κ2) is 10.0. The Morgan fingerprint density at radius 3 is 2.34 bits per heavy atom. The lowest BCUT2D eigenvalue weighted by Gasteiger charge is -2.32. The van der Waals surface area contributed by atoms with Crippen LogP contribution in [0.2, 0.25) is 0 Å². The number of amides is 2. The molecule has 154 valence electrons. The monoisotopic (exact) mass is 398 g/mol. The molecule has 2 aromatic rings. The fraction of sp³-hybridized carbons (Fsp3) is 0.391. The number of nitrogens with zero attached hydrogens (tertiary/aromatic N) is 1. The number of hydrogen-bond acceptors (Lipinski definition) is 3. The molecule has 29 heavy (non-hydrogen) atoms. The van der Waals surface area contributed by atoms with Crippen molar-refractivity contribution >= 4 is 11.8 Å². The molecule has 1 heterocycles. The van der Waals surface area contributed by atoms with Crippen LogP contribution >= 0.6 is 0 Å². The van der Waals surface area contributed by atoms with E-state index in [1.807, 2.05) is 24.3 Å². The van der Waals surface area contributed by atoms with E-state index in [0.29, 0.717) is 37.2 Å². The number of hydrogen-bond donors (Lipinski definition) is 1. The Morgan fingerprint density at radius 2 is 1.72 bits per heavy atom. The molecule has 6 heteroatoms. The van der Waals surface area contributed by atoms with Crippen molar-refractivity contribution < 1.29 is 18.7 Å². The molecule has 0 aliphatic carbocycles. The van der Waals surface area contributed by atoms with Gasteiger partial charge in [0.25, 0.3) is 11.8 Å². The lowest BCUT2D eigenvalue weighted by Crippen LogP contribution is -2.47. The maximum absolute atomic E-state index is 13.0. The molecule has 2 aromatic carbocycles. The molecule has 0 radical (unpaired) electrons. The molecular formula is C23H27FN2O3. The minimum Gasteiger partial charge on any atom is -0.484 e. The summed E-state index contributed by atoms with van der Waals surface area (Å²) < 4.78 is 18.6. The lowest BCUT2D eigenvalue weighted by atomic mass is 10.0. The van der Waals surface area contributed by atoms with Crippen molar-refractivity contribution in [2.75, 3.05) is 19.7 Å². The molecule has 5 nitrogen and oxygen atoms in total. The Hall–Kier alpha value is -2.89. The van der Waals surface area contributed by atoms with E-state index in [2.05, 4.69) is 12.2 Å². The summed E-state index contributed by atoms with van der Waals surface area (Å²) in [4.78, 5) is 26.4. The Kier molecular flexibility index (Phi) is 7.22. The highest BCUT2D eigenvalue weighted by molar-refractivity contribution is 5.94. The highest BCUT2D eigenvalue weighted by Crippen LogP contribution is 2.16. The van der Waals surface area contributed by atoms with E-state index in [1.54, 1.807) is 4.90 Å². The smallest absolute Gasteiger partial charge is 0.258 e. The van der Waals surface area contributed by atoms with Gasteiger partial charge in [-0.25, -0.2) is 4.39 Å². The van der Waals surface area contributed by atoms with Crippen LogP contribution in [0.25, 0.3) is 0 Å². The van der Waals surface area contributed by atoms with E-state index < -0.39 is 0 Å². The molecule has 1 N–H and O–H groups in total. The summed E-state index contributed by atoms with van der Waals surface area (Å²) in [6.07, 6.45) is 3.49. The van der Waals surface area contributed by atoms with Crippen molar-refractivity contribution in [1.82, 2.24) is 10.2 Å². The van der Waals surface area contributed by atoms with Gasteiger partial charge in [0.15, 0.2) is 6.61 Å². The predicted octanol–water partition coefficient (Wildman–Crippen LogP) is 3.58. The molecule has 0 spiro atoms. The molecule has 3 rings (SSSR count). The molecule has 1 aliphatic heterocycles. The molecular weight excluding hydrogens is 371 g/mol. The average molecular weight is 398 g/mol. The molecule has 1 aliphatic rings. The second-order valence-electron chi connectivity index (χ2n) is 7.32. The highest BCUT2D eigenvalue weighted by Gasteiger charge is 2.24. The highest BCUT2D eigenvalue weighted by atomic mass is 19.1. The first-order chi connectivity index (χ1) is 14.0. The number of nitrogens with one attached hydrogen (secondary N) is 1. The van der Waals surface area contributed by atoms with Crippen LogP contribution in [0.15, 0.2) is 48.5 Å². The summed E-state index contributed by atoms with van der Waals surface area (Å²) in [5.41, 5.74) is 1.73. The minimum absolute atomic E-state index is 0.0234. The maximum Gasteiger partial charge on any atom is 0.258 e. The molecule has 0 bridgehead atoms. The van der Waals surface area contributed by atoms with Gasteiger partial charge in [-0.2, -0.15) is 0 Å². The third-order valence-corrected chi connectivity index (χ3v) is 5.07. The van der Waals surface area contributed by atoms with E-state index >= 15 is 0 Å². The lowest BCUT2D eigenvalue weighted by molar-refractivity contribution is -0.124. The standard InChI is InChI=1S/C23H27FN2O3/c1-2-3-17-4-10-21(11-5-17)29-16-22(27)25-20-12-14-26(15-13-20)23(28)18-6-8-19(24)9-7-18/h4-11,20H,2-3,12-16H2,1H3,(H,25,27). The molecule has 0 atom stereocenters. The van der Waals surface area contributed by atoms with Gasteiger partial charge in [-0.05, 0) is 61.2 Å². The van der Waals surface area contributed by atoms with Crippen LogP contribution in [-0.2, 0) is 11.2 Å². The first-order valence-electron chi connectivity index (χ1n) is 10.1. The maximum atomic E-state index is 13.0. The first kappa shape index (κ1) is 20.8. The van der Waals surface area contributed by atoms with Crippen molar-refractivity contribution in [1.29, 1.82) is 0 Å². The van der Waals surface area contributed by atoms with Gasteiger partial charge in [0.05, 0.1) is 0 Å². The summed E-state index contributed by atoms with van der Waals surface area (Å²) >= 11 is 0. The van der Waals surface area contributed by atoms with Crippen molar-refractivity contribution in [2.45, 2.75) is 38.6 Å². The third-order valence-electron chi connectivity index (χ3n) is 5.07. The first-order valence-corrected chi connectivity index (χ1v) is 10.1. The largest absolute Gasteiger partial charge is 0.484 e. The summed E-state index contributed by atoms with van der Waals surface area (Å²) in [7, 11) is 0. The van der Waals surface area contributed by atoms with Crippen LogP contribution < -0.4 is 10.1 Å². The zero-order chi connectivity index (χ0) is 20.6. The number of carbonyl (C=O) groups is 2. The van der Waals surface area contributed by atoms with E-state index in [9.17, 15) is 14.0 Å². The number of aryl methyl sites for hydroxylation is 1. The number of benzene rings is 2. The van der Waals surface area contributed by atoms with Crippen molar-refractivity contribution in [2.24, 2.45) is 0 Å². The number of carbonyl (C=O) groups excluding carboxylic acids is 2. The summed E-state index contributed by atoms with van der Waals surface area (Å²) in [5, 5.41) is 2.98. The van der Waals surface area contributed by atoms with Crippen LogP contribution in [0.4, 0.5) is 4.39 Å². The zero-order valence-electron chi connectivity index (χ0n) is 16.7. The van der Waals surface area contributed by atoms with E-state index in [-0.39, 0.29) is 30.3 Å². The fourth-order valence-corrected chi connectivity index (χ4v) is 3.46. The fourth-order valence-electron chi connectivity index (χ4n) is 3.46. The predicted molar refractivity (Wildman–Crippen MR) is 109 cm³/mol. The molecule has 1 fully saturated rings. The number of piperidine rings is 1. The van der Waals surface area contributed by atoms with Gasteiger partial charge in [0.2, 0.25) is 0 Å². The van der Waals surface area contributed by atoms with Crippen LogP contribution in [-0.4, -0.2) is 42.5 Å². The van der Waals surface area contributed by atoms with E-state index in [4.69, 9.17) is 4.74 Å². The van der Waals surface area contributed by atoms with Gasteiger partial charge >= 0.3 is 0 Å². The number of halogens is 1. The van der Waals surface area contributed by atoms with Gasteiger partial charge in [0, 0.05) is 24.7 Å². The van der Waals surface area contributed by atoms with Crippen molar-refractivity contribution in [3.8, 4) is 5.75 Å². The van der Waals surface area contributed by atoms with Gasteiger partial charge in [-0.1, -0.05) is 25.5 Å². The molecule has 0 unspecified atom stereocenters. The van der Waals surface area contributed by atoms with Gasteiger partial charge in [-0.15, -0.1) is 0 Å². The van der Waals surface area contributed by atoms with E-state index in [1.165, 1.54) is 29.8 Å². The van der Waals surface area contributed by atoms with Crippen LogP contribution in [0, 0.1) is 5.82 Å². The van der Waals surface area contributed by atoms with Crippen LogP contribution in [0.1, 0.15) is 42.1 Å².